The van der Waals surface area contributed by atoms with Crippen LogP contribution >= 0.6 is 0 Å². The van der Waals surface area contributed by atoms with Gasteiger partial charge in [0.05, 0.1) is 7.11 Å². The number of methoxy groups -OCH3 is 1. The first kappa shape index (κ1) is 11.3. The fourth-order valence-electron chi connectivity index (χ4n) is 1.53. The maximum atomic E-state index is 9.78. The summed E-state index contributed by atoms with van der Waals surface area (Å²) in [6.07, 6.45) is 11.1. The molecule has 0 radical (unpaired) electrons. The molecule has 2 heteroatoms. The van der Waals surface area contributed by atoms with Gasteiger partial charge in [0.2, 0.25) is 0 Å². The van der Waals surface area contributed by atoms with Crippen molar-refractivity contribution < 1.29 is 9.84 Å². The second-order valence-corrected chi connectivity index (χ2v) is 3.67. The van der Waals surface area contributed by atoms with Crippen molar-refractivity contribution in [3.05, 3.63) is 71.5 Å². The summed E-state index contributed by atoms with van der Waals surface area (Å²) in [6.45, 7) is 0. The highest BCUT2D eigenvalue weighted by Crippen LogP contribution is 2.15. The average Bonchev–Trinajstić information content (AvgIpc) is 2.90. The second-order valence-electron chi connectivity index (χ2n) is 3.67. The molecule has 0 fully saturated rings. The fourth-order valence-corrected chi connectivity index (χ4v) is 1.53. The summed E-state index contributed by atoms with van der Waals surface area (Å²) in [5.74, 6) is 1.09. The number of aliphatic hydroxyl groups is 1. The Morgan fingerprint density at radius 3 is 2.35 bits per heavy atom. The van der Waals surface area contributed by atoms with Crippen LogP contribution in [-0.4, -0.2) is 12.2 Å². The average molecular weight is 226 g/mol. The van der Waals surface area contributed by atoms with E-state index in [9.17, 15) is 5.11 Å². The van der Waals surface area contributed by atoms with Gasteiger partial charge in [-0.1, -0.05) is 42.5 Å². The van der Waals surface area contributed by atoms with E-state index in [0.29, 0.717) is 0 Å². The minimum absolute atomic E-state index is 0.269. The zero-order chi connectivity index (χ0) is 12.1. The van der Waals surface area contributed by atoms with Gasteiger partial charge < -0.3 is 9.84 Å². The summed E-state index contributed by atoms with van der Waals surface area (Å²) >= 11 is 0. The van der Waals surface area contributed by atoms with Gasteiger partial charge in [-0.15, -0.1) is 0 Å². The first-order valence-electron chi connectivity index (χ1n) is 5.40. The second kappa shape index (κ2) is 5.21. The van der Waals surface area contributed by atoms with Gasteiger partial charge in [-0.3, -0.25) is 0 Å². The minimum Gasteiger partial charge on any atom is -0.507 e. The Bertz CT molecular complexity index is 488. The smallest absolute Gasteiger partial charge is 0.122 e. The summed E-state index contributed by atoms with van der Waals surface area (Å²) in [6, 6.07) is 7.65. The first-order chi connectivity index (χ1) is 8.29. The van der Waals surface area contributed by atoms with E-state index in [-0.39, 0.29) is 5.76 Å². The van der Waals surface area contributed by atoms with E-state index in [1.54, 1.807) is 13.2 Å². The van der Waals surface area contributed by atoms with Crippen LogP contribution in [0.3, 0.4) is 0 Å². The molecule has 17 heavy (non-hydrogen) atoms. The third-order valence-electron chi connectivity index (χ3n) is 2.51. The van der Waals surface area contributed by atoms with Gasteiger partial charge in [0.1, 0.15) is 11.5 Å². The molecule has 0 spiro atoms. The summed E-state index contributed by atoms with van der Waals surface area (Å²) in [4.78, 5) is 0. The van der Waals surface area contributed by atoms with E-state index < -0.39 is 0 Å². The number of hydrogen-bond donors (Lipinski definition) is 1. The van der Waals surface area contributed by atoms with E-state index in [1.165, 1.54) is 0 Å². The number of ether oxygens (including phenoxy) is 1. The molecule has 1 N–H and O–H groups in total. The molecule has 86 valence electrons. The first-order valence-corrected chi connectivity index (χ1v) is 5.40. The quantitative estimate of drug-likeness (QED) is 0.797. The molecule has 0 aliphatic heterocycles. The highest BCUT2D eigenvalue weighted by molar-refractivity contribution is 5.55. The van der Waals surface area contributed by atoms with Gasteiger partial charge in [-0.25, -0.2) is 0 Å². The molecule has 0 bridgehead atoms. The molecule has 0 unspecified atom stereocenters. The molecule has 0 atom stereocenters. The normalized spacial score (nSPS) is 13.6. The van der Waals surface area contributed by atoms with Crippen molar-refractivity contribution >= 4 is 6.08 Å². The Balaban J connectivity index is 2.12. The third-order valence-corrected chi connectivity index (χ3v) is 2.51. The highest BCUT2D eigenvalue weighted by Gasteiger charge is 1.98. The molecule has 1 aliphatic carbocycles. The third kappa shape index (κ3) is 2.88. The van der Waals surface area contributed by atoms with Gasteiger partial charge in [-0.2, -0.15) is 0 Å². The SMILES string of the molecule is COc1ccc(/C=C\C(O)=C2C=CC=C2)cc1. The Morgan fingerprint density at radius 1 is 1.12 bits per heavy atom. The van der Waals surface area contributed by atoms with Crippen LogP contribution in [0.1, 0.15) is 5.56 Å². The lowest BCUT2D eigenvalue weighted by Gasteiger charge is -1.99. The zero-order valence-corrected chi connectivity index (χ0v) is 9.63. The molecule has 0 saturated carbocycles. The predicted octanol–water partition coefficient (Wildman–Crippen LogP) is 3.65. The Morgan fingerprint density at radius 2 is 1.76 bits per heavy atom. The standard InChI is InChI=1S/C15H14O2/c1-17-14-9-6-12(7-10-14)8-11-15(16)13-4-2-3-5-13/h2-11,16H,1H3/b11-8-. The number of benzene rings is 1. The van der Waals surface area contributed by atoms with Crippen molar-refractivity contribution in [3.63, 3.8) is 0 Å². The van der Waals surface area contributed by atoms with Crippen molar-refractivity contribution in [2.75, 3.05) is 7.11 Å². The maximum absolute atomic E-state index is 9.78. The Kier molecular flexibility index (Phi) is 3.46. The summed E-state index contributed by atoms with van der Waals surface area (Å²) in [5, 5.41) is 9.78. The molecule has 2 nitrogen and oxygen atoms in total. The maximum Gasteiger partial charge on any atom is 0.122 e. The monoisotopic (exact) mass is 226 g/mol. The van der Waals surface area contributed by atoms with Crippen molar-refractivity contribution in [1.82, 2.24) is 0 Å². The zero-order valence-electron chi connectivity index (χ0n) is 9.63. The lowest BCUT2D eigenvalue weighted by molar-refractivity contribution is 0.415. The summed E-state index contributed by atoms with van der Waals surface area (Å²) in [5.41, 5.74) is 1.85. The van der Waals surface area contributed by atoms with Crippen LogP contribution in [0.25, 0.3) is 6.08 Å². The van der Waals surface area contributed by atoms with Crippen molar-refractivity contribution in [3.8, 4) is 5.75 Å². The lowest BCUT2D eigenvalue weighted by atomic mass is 10.1. The summed E-state index contributed by atoms with van der Waals surface area (Å²) < 4.78 is 5.07. The minimum atomic E-state index is 0.269. The van der Waals surface area contributed by atoms with Crippen LogP contribution in [0.4, 0.5) is 0 Å². The Hall–Kier alpha value is -2.22. The Labute approximate surface area is 101 Å². The van der Waals surface area contributed by atoms with E-state index >= 15 is 0 Å². The van der Waals surface area contributed by atoms with E-state index in [0.717, 1.165) is 16.9 Å². The van der Waals surface area contributed by atoms with Gasteiger partial charge in [0.25, 0.3) is 0 Å². The predicted molar refractivity (Wildman–Crippen MR) is 70.0 cm³/mol. The van der Waals surface area contributed by atoms with Crippen molar-refractivity contribution in [2.45, 2.75) is 0 Å². The molecule has 0 heterocycles. The highest BCUT2D eigenvalue weighted by atomic mass is 16.5. The van der Waals surface area contributed by atoms with Crippen molar-refractivity contribution in [1.29, 1.82) is 0 Å². The molecule has 0 saturated heterocycles. The van der Waals surface area contributed by atoms with E-state index in [2.05, 4.69) is 0 Å². The number of rotatable bonds is 3. The number of hydrogen-bond acceptors (Lipinski definition) is 2. The molecule has 1 aromatic carbocycles. The van der Waals surface area contributed by atoms with Gasteiger partial charge in [0.15, 0.2) is 0 Å². The van der Waals surface area contributed by atoms with Crippen LogP contribution in [0.15, 0.2) is 66.0 Å². The largest absolute Gasteiger partial charge is 0.507 e. The van der Waals surface area contributed by atoms with Crippen LogP contribution in [0.5, 0.6) is 5.75 Å². The number of aliphatic hydroxyl groups excluding tert-OH is 1. The molecule has 0 aromatic heterocycles. The lowest BCUT2D eigenvalue weighted by Crippen LogP contribution is -1.82. The fraction of sp³-hybridized carbons (Fsp3) is 0.0667. The molecular formula is C15H14O2. The molecular weight excluding hydrogens is 212 g/mol. The van der Waals surface area contributed by atoms with Gasteiger partial charge >= 0.3 is 0 Å². The van der Waals surface area contributed by atoms with Gasteiger partial charge in [-0.05, 0) is 23.8 Å². The van der Waals surface area contributed by atoms with Gasteiger partial charge in [0, 0.05) is 5.57 Å². The van der Waals surface area contributed by atoms with Crippen LogP contribution in [0.2, 0.25) is 0 Å². The van der Waals surface area contributed by atoms with E-state index in [1.807, 2.05) is 54.6 Å². The van der Waals surface area contributed by atoms with Crippen LogP contribution in [-0.2, 0) is 0 Å². The molecule has 1 aromatic rings. The van der Waals surface area contributed by atoms with Crippen LogP contribution < -0.4 is 4.74 Å². The molecule has 1 aliphatic rings. The summed E-state index contributed by atoms with van der Waals surface area (Å²) in [7, 11) is 1.64. The molecule has 2 rings (SSSR count). The van der Waals surface area contributed by atoms with Crippen molar-refractivity contribution in [2.24, 2.45) is 0 Å². The topological polar surface area (TPSA) is 29.5 Å². The van der Waals surface area contributed by atoms with Crippen LogP contribution in [0, 0.1) is 0 Å². The van der Waals surface area contributed by atoms with E-state index in [4.69, 9.17) is 4.74 Å². The molecule has 0 amide bonds. The number of allylic oxidation sites excluding steroid dienone is 6.